The van der Waals surface area contributed by atoms with Gasteiger partial charge in [-0.25, -0.2) is 0 Å². The Morgan fingerprint density at radius 3 is 2.17 bits per heavy atom. The minimum absolute atomic E-state index is 0. The van der Waals surface area contributed by atoms with Crippen LogP contribution in [0.4, 0.5) is 5.69 Å². The van der Waals surface area contributed by atoms with Gasteiger partial charge in [-0.15, -0.1) is 0 Å². The van der Waals surface area contributed by atoms with E-state index < -0.39 is 7.26 Å². The van der Waals surface area contributed by atoms with Gasteiger partial charge in [-0.1, -0.05) is 25.1 Å². The molecule has 1 fully saturated rings. The van der Waals surface area contributed by atoms with E-state index in [0.29, 0.717) is 0 Å². The van der Waals surface area contributed by atoms with E-state index in [2.05, 4.69) is 51.2 Å². The first-order valence-corrected chi connectivity index (χ1v) is 11.2. The van der Waals surface area contributed by atoms with Gasteiger partial charge in [0.25, 0.3) is 5.91 Å². The number of benzene rings is 1. The van der Waals surface area contributed by atoms with Crippen LogP contribution in [-0.2, 0) is 37.5 Å². The molecule has 1 aliphatic rings. The summed E-state index contributed by atoms with van der Waals surface area (Å²) in [7, 11) is -1.12. The standard InChI is InChI=1S/C19H30NOP.Y/c1-5-17(22(6-2)13-8-7-9-14-22)19(21)20-18-15(3)11-10-12-16(18)4;/h10-12,17H,5-9,13-14H2,1-4H3;/p+1. The monoisotopic (exact) mass is 409 g/mol. The fourth-order valence-corrected chi connectivity index (χ4v) is 8.99. The zero-order valence-electron chi connectivity index (χ0n) is 15.2. The summed E-state index contributed by atoms with van der Waals surface area (Å²) in [4.78, 5) is 13.0. The molecule has 0 saturated carbocycles. The van der Waals surface area contributed by atoms with Crippen LogP contribution in [-0.4, -0.2) is 30.1 Å². The number of carbonyl (C=O) groups excluding carboxylic acids is 1. The van der Waals surface area contributed by atoms with Gasteiger partial charge in [-0.05, 0) is 57.6 Å². The van der Waals surface area contributed by atoms with E-state index in [0.717, 1.165) is 23.2 Å². The Labute approximate surface area is 167 Å². The topological polar surface area (TPSA) is 29.1 Å². The van der Waals surface area contributed by atoms with Crippen LogP contribution in [0, 0.1) is 13.8 Å². The van der Waals surface area contributed by atoms with Crippen molar-refractivity contribution in [3.63, 3.8) is 0 Å². The largest absolute Gasteiger partial charge is 0.322 e. The van der Waals surface area contributed by atoms with E-state index in [1.165, 1.54) is 37.7 Å². The number of hydrogen-bond donors (Lipinski definition) is 1. The van der Waals surface area contributed by atoms with Crippen molar-refractivity contribution >= 4 is 18.9 Å². The molecule has 2 nitrogen and oxygen atoms in total. The Hall–Kier alpha value is 0.224. The van der Waals surface area contributed by atoms with Crippen LogP contribution < -0.4 is 5.32 Å². The van der Waals surface area contributed by atoms with E-state index in [9.17, 15) is 4.79 Å². The van der Waals surface area contributed by atoms with Crippen LogP contribution in [0.3, 0.4) is 0 Å². The third kappa shape index (κ3) is 4.87. The maximum atomic E-state index is 13.0. The first kappa shape index (κ1) is 21.3. The molecule has 0 spiro atoms. The van der Waals surface area contributed by atoms with Crippen molar-refractivity contribution < 1.29 is 37.5 Å². The molecule has 1 aromatic carbocycles. The summed E-state index contributed by atoms with van der Waals surface area (Å²) in [6.07, 6.45) is 8.87. The minimum Gasteiger partial charge on any atom is -0.322 e. The number of para-hydroxylation sites is 1. The number of nitrogens with one attached hydrogen (secondary N) is 1. The van der Waals surface area contributed by atoms with Crippen molar-refractivity contribution in [3.8, 4) is 0 Å². The molecular weight excluding hydrogens is 378 g/mol. The van der Waals surface area contributed by atoms with Crippen LogP contribution in [0.1, 0.15) is 50.7 Å². The summed E-state index contributed by atoms with van der Waals surface area (Å²) >= 11 is 0. The normalized spacial score (nSPS) is 17.9. The number of anilines is 1. The van der Waals surface area contributed by atoms with Crippen LogP contribution >= 0.6 is 7.26 Å². The quantitative estimate of drug-likeness (QED) is 0.663. The predicted octanol–water partition coefficient (Wildman–Crippen LogP) is 5.24. The Bertz CT molecular complexity index is 506. The third-order valence-electron chi connectivity index (χ3n) is 5.42. The van der Waals surface area contributed by atoms with Gasteiger partial charge in [-0.2, -0.15) is 0 Å². The molecule has 0 aliphatic carbocycles. The van der Waals surface area contributed by atoms with Gasteiger partial charge in [-0.3, -0.25) is 4.79 Å². The summed E-state index contributed by atoms with van der Waals surface area (Å²) in [5.41, 5.74) is 3.60. The molecular formula is C19H31NOPY+. The van der Waals surface area contributed by atoms with Crippen molar-refractivity contribution in [1.82, 2.24) is 0 Å². The van der Waals surface area contributed by atoms with E-state index >= 15 is 0 Å². The molecule has 0 aromatic heterocycles. The Morgan fingerprint density at radius 2 is 1.70 bits per heavy atom. The summed E-state index contributed by atoms with van der Waals surface area (Å²) < 4.78 is 0. The smallest absolute Gasteiger partial charge is 0.265 e. The first-order chi connectivity index (χ1) is 10.5. The van der Waals surface area contributed by atoms with Crippen LogP contribution in [0.25, 0.3) is 0 Å². The molecule has 1 radical (unpaired) electrons. The average Bonchev–Trinajstić information content (AvgIpc) is 2.52. The number of carbonyl (C=O) groups is 1. The molecule has 0 bridgehead atoms. The molecule has 1 N–H and O–H groups in total. The molecule has 1 saturated heterocycles. The van der Waals surface area contributed by atoms with Crippen LogP contribution in [0.2, 0.25) is 0 Å². The van der Waals surface area contributed by atoms with Gasteiger partial charge < -0.3 is 5.32 Å². The number of amides is 1. The number of rotatable bonds is 5. The molecule has 2 rings (SSSR count). The predicted molar refractivity (Wildman–Crippen MR) is 99.7 cm³/mol. The molecule has 4 heteroatoms. The van der Waals surface area contributed by atoms with E-state index in [1.807, 2.05) is 0 Å². The molecule has 1 amide bonds. The van der Waals surface area contributed by atoms with E-state index in [1.54, 1.807) is 0 Å². The molecule has 1 aromatic rings. The van der Waals surface area contributed by atoms with Crippen LogP contribution in [0.5, 0.6) is 0 Å². The maximum Gasteiger partial charge on any atom is 0.265 e. The fraction of sp³-hybridized carbons (Fsp3) is 0.632. The third-order valence-corrected chi connectivity index (χ3v) is 11.0. The Balaban J connectivity index is 0.00000264. The van der Waals surface area contributed by atoms with Gasteiger partial charge >= 0.3 is 0 Å². The van der Waals surface area contributed by atoms with Gasteiger partial charge in [0.05, 0.1) is 18.5 Å². The molecule has 1 unspecified atom stereocenters. The van der Waals surface area contributed by atoms with Crippen molar-refractivity contribution in [1.29, 1.82) is 0 Å². The molecule has 23 heavy (non-hydrogen) atoms. The van der Waals surface area contributed by atoms with E-state index in [-0.39, 0.29) is 44.3 Å². The first-order valence-electron chi connectivity index (χ1n) is 8.77. The van der Waals surface area contributed by atoms with Gasteiger partial charge in [0, 0.05) is 45.7 Å². The number of hydrogen-bond acceptors (Lipinski definition) is 1. The molecule has 1 heterocycles. The summed E-state index contributed by atoms with van der Waals surface area (Å²) in [6.45, 7) is 8.67. The molecule has 1 aliphatic heterocycles. The summed E-state index contributed by atoms with van der Waals surface area (Å²) in [6, 6.07) is 6.21. The maximum absolute atomic E-state index is 13.0. The number of aryl methyl sites for hydroxylation is 2. The molecule has 1 atom stereocenters. The average molecular weight is 409 g/mol. The second kappa shape index (κ2) is 9.64. The molecule has 125 valence electrons. The SMILES string of the molecule is CCC(C(=O)Nc1c(C)cccc1C)[P+]1(CC)CCCCC1.[Y]. The van der Waals surface area contributed by atoms with Crippen molar-refractivity contribution in [2.75, 3.05) is 23.8 Å². The fourth-order valence-electron chi connectivity index (χ4n) is 4.03. The van der Waals surface area contributed by atoms with Crippen molar-refractivity contribution in [2.45, 2.75) is 59.0 Å². The summed E-state index contributed by atoms with van der Waals surface area (Å²) in [5, 5.41) is 3.27. The zero-order valence-corrected chi connectivity index (χ0v) is 18.9. The van der Waals surface area contributed by atoms with Crippen molar-refractivity contribution in [2.24, 2.45) is 0 Å². The minimum atomic E-state index is -1.12. The van der Waals surface area contributed by atoms with Crippen LogP contribution in [0.15, 0.2) is 18.2 Å². The Morgan fingerprint density at radius 1 is 1.13 bits per heavy atom. The second-order valence-electron chi connectivity index (χ2n) is 6.72. The van der Waals surface area contributed by atoms with Gasteiger partial charge in [0.1, 0.15) is 5.66 Å². The zero-order chi connectivity index (χ0) is 16.2. The second-order valence-corrected chi connectivity index (χ2v) is 11.3. The van der Waals surface area contributed by atoms with Crippen molar-refractivity contribution in [3.05, 3.63) is 29.3 Å². The van der Waals surface area contributed by atoms with Gasteiger partial charge in [0.15, 0.2) is 0 Å². The summed E-state index contributed by atoms with van der Waals surface area (Å²) in [5.74, 6) is 0.275. The Kier molecular flexibility index (Phi) is 8.91. The van der Waals surface area contributed by atoms with E-state index in [4.69, 9.17) is 0 Å². The van der Waals surface area contributed by atoms with Gasteiger partial charge in [0.2, 0.25) is 0 Å².